The second kappa shape index (κ2) is 26.9. The average molecular weight is 1340 g/mol. The Bertz CT molecular complexity index is 2790. The summed E-state index contributed by atoms with van der Waals surface area (Å²) < 4.78 is 108. The lowest BCUT2D eigenvalue weighted by atomic mass is 9.41. The number of ether oxygens (including phenoxy) is 12. The lowest BCUT2D eigenvalue weighted by molar-refractivity contribution is -0.394. The Labute approximate surface area is 532 Å². The maximum atomic E-state index is 14.5. The van der Waals surface area contributed by atoms with Crippen molar-refractivity contribution in [3.63, 3.8) is 0 Å². The molecule has 526 valence electrons. The molecule has 0 aromatic carbocycles. The third kappa shape index (κ3) is 12.7. The van der Waals surface area contributed by atoms with E-state index in [4.69, 9.17) is 56.8 Å². The summed E-state index contributed by atoms with van der Waals surface area (Å²) in [6.45, 7) is 13.4. The van der Waals surface area contributed by atoms with Gasteiger partial charge in [-0.05, 0) is 87.4 Å². The van der Waals surface area contributed by atoms with Crippen molar-refractivity contribution in [3.8, 4) is 0 Å². The molecule has 10 aliphatic rings. The third-order valence-electron chi connectivity index (χ3n) is 22.4. The Balaban J connectivity index is 0.877. The third-order valence-corrected chi connectivity index (χ3v) is 22.8. The van der Waals surface area contributed by atoms with Crippen LogP contribution in [0.4, 0.5) is 0 Å². The Morgan fingerprint density at radius 1 is 0.663 bits per heavy atom. The van der Waals surface area contributed by atoms with Gasteiger partial charge in [-0.3, -0.25) is 14.1 Å². The first-order chi connectivity index (χ1) is 43.0. The zero-order chi connectivity index (χ0) is 67.4. The number of hydrogen-bond donors (Lipinski definition) is 13. The average Bonchev–Trinajstić information content (AvgIpc) is 1.46. The SMILES string of the molecule is CO[C@@H]1[C@@H](O)[C@H](O[C@@H]2[C@@H](O)[C@H](O[C@H]3[C@H](O)[C@@H](O)[C@H](O[C@H]4[C@H](O[C@H]5CC[C@]6(C)[C@H]7CC[C@]89C(=O)O[C@@](C)(CC(=O)CC(C)C)[C@H]8CC[C@@]9(C)C7=CC[C@H]6C5(C)C)OC[C@@H](O[C@@H]5O[C@H](COS(=O)(=O)O)[C@@H](O)[C@H](O)[C@H]5O)[C@@H]4O)O[C@@H]3C)O[C@H](CO)[C@H]2O)O[C@H](C(=O)O)[C@H]1O. The van der Waals surface area contributed by atoms with E-state index in [0.29, 0.717) is 38.5 Å². The molecule has 6 heterocycles. The molecule has 6 aliphatic heterocycles. The van der Waals surface area contributed by atoms with Crippen LogP contribution in [0.2, 0.25) is 0 Å². The van der Waals surface area contributed by atoms with Crippen LogP contribution in [0.3, 0.4) is 0 Å². The predicted molar refractivity (Wildman–Crippen MR) is 304 cm³/mol. The predicted octanol–water partition coefficient (Wildman–Crippen LogP) is -2.39. The van der Waals surface area contributed by atoms with Crippen molar-refractivity contribution in [1.82, 2.24) is 0 Å². The van der Waals surface area contributed by atoms with Gasteiger partial charge in [0.2, 0.25) is 0 Å². The number of carbonyl (C=O) groups excluding carboxylic acids is 2. The van der Waals surface area contributed by atoms with Crippen molar-refractivity contribution in [2.75, 3.05) is 26.9 Å². The summed E-state index contributed by atoms with van der Waals surface area (Å²) in [6, 6.07) is 0. The summed E-state index contributed by atoms with van der Waals surface area (Å²) in [5.41, 5.74) is -1.95. The molecular formula is C60H94O31S. The molecule has 32 heteroatoms. The topological polar surface area (TPSA) is 468 Å². The van der Waals surface area contributed by atoms with Crippen LogP contribution in [0.1, 0.15) is 113 Å². The quantitative estimate of drug-likeness (QED) is 0.0344. The highest BCUT2D eigenvalue weighted by Crippen LogP contribution is 2.76. The van der Waals surface area contributed by atoms with Gasteiger partial charge in [0.15, 0.2) is 37.6 Å². The van der Waals surface area contributed by atoms with Crippen LogP contribution in [-0.4, -0.2) is 278 Å². The van der Waals surface area contributed by atoms with Crippen LogP contribution >= 0.6 is 0 Å². The normalized spacial score (nSPS) is 50.2. The Morgan fingerprint density at radius 3 is 1.93 bits per heavy atom. The van der Waals surface area contributed by atoms with Gasteiger partial charge in [-0.15, -0.1) is 0 Å². The van der Waals surface area contributed by atoms with Gasteiger partial charge in [-0.2, -0.15) is 8.42 Å². The summed E-state index contributed by atoms with van der Waals surface area (Å²) in [5, 5.41) is 133. The van der Waals surface area contributed by atoms with Gasteiger partial charge in [0, 0.05) is 31.3 Å². The van der Waals surface area contributed by atoms with Gasteiger partial charge in [0.05, 0.1) is 37.4 Å². The lowest BCUT2D eigenvalue weighted by Crippen LogP contribution is -2.67. The van der Waals surface area contributed by atoms with Crippen LogP contribution in [0, 0.1) is 45.3 Å². The van der Waals surface area contributed by atoms with Crippen LogP contribution in [0.15, 0.2) is 11.6 Å². The molecular weight excluding hydrogens is 1250 g/mol. The summed E-state index contributed by atoms with van der Waals surface area (Å²) in [7, 11) is -4.02. The molecule has 4 aliphatic carbocycles. The zero-order valence-electron chi connectivity index (χ0n) is 52.9. The van der Waals surface area contributed by atoms with Crippen molar-refractivity contribution in [2.45, 2.75) is 272 Å². The van der Waals surface area contributed by atoms with E-state index in [9.17, 15) is 88.6 Å². The number of fused-ring (bicyclic) bond motifs is 4. The van der Waals surface area contributed by atoms with Gasteiger partial charge in [0.25, 0.3) is 0 Å². The fourth-order valence-corrected chi connectivity index (χ4v) is 18.0. The fourth-order valence-electron chi connectivity index (χ4n) is 17.7. The summed E-state index contributed by atoms with van der Waals surface area (Å²) >= 11 is 0. The largest absolute Gasteiger partial charge is 0.479 e. The number of ketones is 1. The maximum Gasteiger partial charge on any atom is 0.397 e. The smallest absolute Gasteiger partial charge is 0.397 e. The van der Waals surface area contributed by atoms with Crippen LogP contribution in [0.25, 0.3) is 0 Å². The van der Waals surface area contributed by atoms with Crippen molar-refractivity contribution in [2.24, 2.45) is 45.3 Å². The molecule has 32 atom stereocenters. The molecule has 92 heavy (non-hydrogen) atoms. The maximum absolute atomic E-state index is 14.5. The number of allylic oxidation sites excluding steroid dienone is 2. The van der Waals surface area contributed by atoms with Gasteiger partial charge in [-0.25, -0.2) is 8.98 Å². The molecule has 0 aromatic heterocycles. The first-order valence-corrected chi connectivity index (χ1v) is 33.1. The van der Waals surface area contributed by atoms with Crippen LogP contribution in [0.5, 0.6) is 0 Å². The molecule has 0 aromatic rings. The minimum atomic E-state index is -5.09. The second-order valence-corrected chi connectivity index (χ2v) is 29.8. The molecule has 6 saturated heterocycles. The van der Waals surface area contributed by atoms with E-state index in [1.165, 1.54) is 12.5 Å². The summed E-state index contributed by atoms with van der Waals surface area (Å²) in [4.78, 5) is 39.8. The number of carboxylic acids is 1. The van der Waals surface area contributed by atoms with Crippen molar-refractivity contribution in [1.29, 1.82) is 0 Å². The second-order valence-electron chi connectivity index (χ2n) is 28.7. The van der Waals surface area contributed by atoms with Crippen LogP contribution in [-0.2, 0) is 85.8 Å². The molecule has 0 radical (unpaired) electrons. The number of carbonyl (C=O) groups is 3. The number of esters is 1. The highest BCUT2D eigenvalue weighted by Gasteiger charge is 2.76. The zero-order valence-corrected chi connectivity index (χ0v) is 53.7. The first kappa shape index (κ1) is 72.1. The fraction of sp³-hybridized carbons (Fsp3) is 0.917. The first-order valence-electron chi connectivity index (χ1n) is 31.7. The van der Waals surface area contributed by atoms with E-state index in [1.54, 1.807) is 0 Å². The molecule has 31 nitrogen and oxygen atoms in total. The number of methoxy groups -OCH3 is 1. The number of cyclic esters (lactones) is 1. The van der Waals surface area contributed by atoms with Crippen molar-refractivity contribution >= 4 is 28.1 Å². The van der Waals surface area contributed by atoms with E-state index in [0.717, 1.165) is 20.0 Å². The number of aliphatic hydroxyl groups excluding tert-OH is 11. The van der Waals surface area contributed by atoms with E-state index >= 15 is 0 Å². The molecule has 0 bridgehead atoms. The minimum absolute atomic E-state index is 0.0328. The van der Waals surface area contributed by atoms with Gasteiger partial charge < -0.3 is 118 Å². The molecule has 0 unspecified atom stereocenters. The Kier molecular flexibility index (Phi) is 21.1. The molecule has 0 amide bonds. The number of hydrogen-bond acceptors (Lipinski definition) is 29. The van der Waals surface area contributed by atoms with Crippen molar-refractivity contribution < 1.29 is 150 Å². The number of carboxylic acid groups (broad SMARTS) is 1. The molecule has 1 spiro atoms. The minimum Gasteiger partial charge on any atom is -0.479 e. The van der Waals surface area contributed by atoms with Crippen molar-refractivity contribution in [3.05, 3.63) is 11.6 Å². The van der Waals surface area contributed by atoms with Gasteiger partial charge in [-0.1, -0.05) is 53.2 Å². The molecule has 3 saturated carbocycles. The number of aliphatic hydroxyl groups is 11. The summed E-state index contributed by atoms with van der Waals surface area (Å²) in [5.74, 6) is -1.75. The summed E-state index contributed by atoms with van der Waals surface area (Å²) in [6.07, 6.45) is -37.6. The number of rotatable bonds is 20. The molecule has 10 rings (SSSR count). The molecule has 13 N–H and O–H groups in total. The van der Waals surface area contributed by atoms with E-state index < -0.39 is 212 Å². The lowest BCUT2D eigenvalue weighted by Gasteiger charge is -2.64. The molecule has 9 fully saturated rings. The monoisotopic (exact) mass is 1340 g/mol. The number of Topliss-reactive ketones (excluding diaryl/α,β-unsaturated/α-hetero) is 1. The van der Waals surface area contributed by atoms with Gasteiger partial charge in [0.1, 0.15) is 115 Å². The highest BCUT2D eigenvalue weighted by molar-refractivity contribution is 7.80. The van der Waals surface area contributed by atoms with E-state index in [-0.39, 0.29) is 47.3 Å². The van der Waals surface area contributed by atoms with Gasteiger partial charge >= 0.3 is 22.3 Å². The number of aliphatic carboxylic acids is 1. The highest BCUT2D eigenvalue weighted by atomic mass is 32.3. The van der Waals surface area contributed by atoms with E-state index in [2.05, 4.69) is 38.0 Å². The Morgan fingerprint density at radius 2 is 1.28 bits per heavy atom. The van der Waals surface area contributed by atoms with E-state index in [1.807, 2.05) is 20.8 Å². The van der Waals surface area contributed by atoms with Crippen LogP contribution < -0.4 is 0 Å². The standard InChI is InChI=1S/C60H94O31S/c1-23(2)18-25(62)19-59(8)32-13-16-58(7)27-10-11-31-56(4,5)33(14-15-57(31,6)26(27)12-17-60(32,58)55(75)91-59)86-54-48(36(65)29(21-80-54)84-51-39(68)37(66)34(63)30(85-51)22-81-92(76,77)78)90-50-40(69)38(67)44(24(3)82-50)87-52-43(72)46(35(64)28(20-61)83-52)88-53-42(71)45(79-9)41(70)47(89-53)49(73)74/h10,23-24,26,28-48,50-54,61,63-72H,11-22H2,1-9H3,(H,73,74)(H,76,77,78)/t24-,26+,28-,29-,30-,31+,32-,33+,34-,35-,36+,37+,38-,39-,40-,41+,42-,43-,44-,45+,46+,47+,48-,50+,51-,52+,53-,54+,57-,58+,59+,60-/m1/s1. The Hall–Kier alpha value is -2.66.